The van der Waals surface area contributed by atoms with Crippen LogP contribution in [0.5, 0.6) is 11.5 Å². The van der Waals surface area contributed by atoms with Gasteiger partial charge in [0.05, 0.1) is 0 Å². The molecular weight excluding hydrogens is 378 g/mol. The summed E-state index contributed by atoms with van der Waals surface area (Å²) >= 11 is 1.49. The number of anilines is 1. The number of benzene rings is 1. The molecule has 2 aliphatic rings. The summed E-state index contributed by atoms with van der Waals surface area (Å²) in [5, 5.41) is 2.80. The van der Waals surface area contributed by atoms with Gasteiger partial charge in [-0.05, 0) is 55.9 Å². The molecule has 6 nitrogen and oxygen atoms in total. The van der Waals surface area contributed by atoms with Crippen LogP contribution in [0.1, 0.15) is 46.3 Å². The number of fused-ring (bicyclic) bond motifs is 2. The first kappa shape index (κ1) is 18.8. The number of ether oxygens (including phenoxy) is 3. The summed E-state index contributed by atoms with van der Waals surface area (Å²) in [6, 6.07) is 7.14. The van der Waals surface area contributed by atoms with Crippen molar-refractivity contribution in [3.8, 4) is 11.5 Å². The smallest absolute Gasteiger partial charge is 0.349 e. The second-order valence-electron chi connectivity index (χ2n) is 6.92. The molecule has 0 spiro atoms. The molecule has 1 N–H and O–H groups in total. The van der Waals surface area contributed by atoms with Crippen molar-refractivity contribution in [2.45, 2.75) is 45.1 Å². The summed E-state index contributed by atoms with van der Waals surface area (Å²) < 4.78 is 16.5. The lowest BCUT2D eigenvalue weighted by Crippen LogP contribution is -2.32. The van der Waals surface area contributed by atoms with Gasteiger partial charge in [0, 0.05) is 16.6 Å². The fourth-order valence-corrected chi connectivity index (χ4v) is 4.58. The average molecular weight is 401 g/mol. The molecule has 0 saturated carbocycles. The van der Waals surface area contributed by atoms with Crippen molar-refractivity contribution in [2.75, 3.05) is 18.5 Å². The molecule has 0 radical (unpaired) electrons. The fraction of sp³-hybridized carbons (Fsp3) is 0.429. The van der Waals surface area contributed by atoms with Crippen LogP contribution in [-0.4, -0.2) is 31.2 Å². The van der Waals surface area contributed by atoms with Gasteiger partial charge in [-0.1, -0.05) is 6.92 Å². The Labute approximate surface area is 167 Å². The van der Waals surface area contributed by atoms with Gasteiger partial charge in [-0.25, -0.2) is 4.79 Å². The second-order valence-corrected chi connectivity index (χ2v) is 8.05. The second kappa shape index (κ2) is 8.22. The third-order valence-electron chi connectivity index (χ3n) is 4.92. The number of thiophene rings is 1. The Hall–Kier alpha value is -2.54. The Morgan fingerprint density at radius 2 is 1.93 bits per heavy atom. The van der Waals surface area contributed by atoms with Gasteiger partial charge in [-0.3, -0.25) is 4.79 Å². The van der Waals surface area contributed by atoms with E-state index in [1.165, 1.54) is 21.8 Å². The molecule has 1 aromatic heterocycles. The van der Waals surface area contributed by atoms with Gasteiger partial charge < -0.3 is 19.5 Å². The number of esters is 1. The molecule has 0 saturated heterocycles. The molecule has 0 fully saturated rings. The highest BCUT2D eigenvalue weighted by molar-refractivity contribution is 7.14. The van der Waals surface area contributed by atoms with E-state index in [1.54, 1.807) is 18.2 Å². The number of carbonyl (C=O) groups is 2. The fourth-order valence-electron chi connectivity index (χ4n) is 3.44. The van der Waals surface area contributed by atoms with Gasteiger partial charge in [-0.15, -0.1) is 11.3 Å². The van der Waals surface area contributed by atoms with Crippen molar-refractivity contribution in [2.24, 2.45) is 0 Å². The quantitative estimate of drug-likeness (QED) is 0.768. The normalized spacial score (nSPS) is 16.0. The molecule has 4 rings (SSSR count). The maximum atomic E-state index is 12.6. The van der Waals surface area contributed by atoms with Crippen LogP contribution in [0.15, 0.2) is 24.3 Å². The molecule has 0 bridgehead atoms. The highest BCUT2D eigenvalue weighted by atomic mass is 32.1. The molecule has 1 atom stereocenters. The zero-order valence-electron chi connectivity index (χ0n) is 15.8. The molecular formula is C21H23NO5S. The minimum Gasteiger partial charge on any atom is -0.486 e. The summed E-state index contributed by atoms with van der Waals surface area (Å²) in [7, 11) is 0. The number of aryl methyl sites for hydroxylation is 2. The summed E-state index contributed by atoms with van der Waals surface area (Å²) in [4.78, 5) is 27.0. The van der Waals surface area contributed by atoms with Gasteiger partial charge >= 0.3 is 5.97 Å². The van der Waals surface area contributed by atoms with E-state index < -0.39 is 12.1 Å². The number of hydrogen-bond acceptors (Lipinski definition) is 6. The Morgan fingerprint density at radius 1 is 1.14 bits per heavy atom. The minimum atomic E-state index is -0.847. The van der Waals surface area contributed by atoms with E-state index in [4.69, 9.17) is 14.2 Å². The molecule has 148 valence electrons. The van der Waals surface area contributed by atoms with Crippen molar-refractivity contribution in [1.29, 1.82) is 0 Å². The van der Waals surface area contributed by atoms with E-state index in [2.05, 4.69) is 5.32 Å². The lowest BCUT2D eigenvalue weighted by molar-refractivity contribution is -0.124. The van der Waals surface area contributed by atoms with Crippen molar-refractivity contribution >= 4 is 28.9 Å². The predicted octanol–water partition coefficient (Wildman–Crippen LogP) is 3.97. The topological polar surface area (TPSA) is 73.9 Å². The van der Waals surface area contributed by atoms with Gasteiger partial charge in [0.1, 0.15) is 18.1 Å². The number of amides is 1. The van der Waals surface area contributed by atoms with Crippen molar-refractivity contribution in [3.05, 3.63) is 39.6 Å². The van der Waals surface area contributed by atoms with Crippen LogP contribution < -0.4 is 14.8 Å². The van der Waals surface area contributed by atoms with E-state index >= 15 is 0 Å². The highest BCUT2D eigenvalue weighted by Gasteiger charge is 2.25. The lowest BCUT2D eigenvalue weighted by Gasteiger charge is -2.20. The molecule has 1 unspecified atom stereocenters. The molecule has 1 aromatic carbocycles. The zero-order valence-corrected chi connectivity index (χ0v) is 16.6. The van der Waals surface area contributed by atoms with Crippen molar-refractivity contribution in [1.82, 2.24) is 0 Å². The maximum absolute atomic E-state index is 12.6. The van der Waals surface area contributed by atoms with Crippen LogP contribution in [0.2, 0.25) is 0 Å². The van der Waals surface area contributed by atoms with Gasteiger partial charge in [0.15, 0.2) is 17.6 Å². The van der Waals surface area contributed by atoms with Crippen LogP contribution in [-0.2, 0) is 22.4 Å². The molecule has 1 aliphatic carbocycles. The van der Waals surface area contributed by atoms with Crippen molar-refractivity contribution in [3.63, 3.8) is 0 Å². The van der Waals surface area contributed by atoms with Gasteiger partial charge in [-0.2, -0.15) is 0 Å². The Kier molecular flexibility index (Phi) is 5.52. The van der Waals surface area contributed by atoms with Gasteiger partial charge in [0.2, 0.25) is 0 Å². The predicted molar refractivity (Wildman–Crippen MR) is 107 cm³/mol. The molecule has 1 aliphatic heterocycles. The maximum Gasteiger partial charge on any atom is 0.349 e. The monoisotopic (exact) mass is 401 g/mol. The first-order valence-corrected chi connectivity index (χ1v) is 10.5. The van der Waals surface area contributed by atoms with Crippen LogP contribution in [0.25, 0.3) is 0 Å². The summed E-state index contributed by atoms with van der Waals surface area (Å²) in [5.74, 6) is 0.472. The first-order valence-electron chi connectivity index (χ1n) is 9.67. The average Bonchev–Trinajstić information content (AvgIpc) is 3.16. The largest absolute Gasteiger partial charge is 0.486 e. The molecule has 2 heterocycles. The molecule has 7 heteroatoms. The summed E-state index contributed by atoms with van der Waals surface area (Å²) in [6.07, 6.45) is 3.91. The molecule has 1 amide bonds. The summed E-state index contributed by atoms with van der Waals surface area (Å²) in [5.41, 5.74) is 1.83. The van der Waals surface area contributed by atoms with E-state index in [-0.39, 0.29) is 5.91 Å². The van der Waals surface area contributed by atoms with E-state index in [0.717, 1.165) is 25.7 Å². The zero-order chi connectivity index (χ0) is 19.5. The first-order chi connectivity index (χ1) is 13.6. The Balaban J connectivity index is 1.41. The van der Waals surface area contributed by atoms with Crippen LogP contribution in [0.3, 0.4) is 0 Å². The molecule has 2 aromatic rings. The third-order valence-corrected chi connectivity index (χ3v) is 6.14. The van der Waals surface area contributed by atoms with Crippen molar-refractivity contribution < 1.29 is 23.8 Å². The Bertz CT molecular complexity index is 867. The number of carbonyl (C=O) groups excluding carboxylic acids is 2. The standard InChI is InChI=1S/C21H23NO5S/c1-2-15(27-21(24)19-11-13-5-3-4-6-18(13)28-19)20(23)22-14-7-8-16-17(12-14)26-10-9-25-16/h7-8,11-12,15H,2-6,9-10H2,1H3,(H,22,23). The summed E-state index contributed by atoms with van der Waals surface area (Å²) in [6.45, 7) is 2.81. The Morgan fingerprint density at radius 3 is 2.71 bits per heavy atom. The molecule has 28 heavy (non-hydrogen) atoms. The van der Waals surface area contributed by atoms with Gasteiger partial charge in [0.25, 0.3) is 5.91 Å². The number of rotatable bonds is 5. The van der Waals surface area contributed by atoms with Crippen LogP contribution >= 0.6 is 11.3 Å². The SMILES string of the molecule is CCC(OC(=O)c1cc2c(s1)CCCC2)C(=O)Nc1ccc2c(c1)OCCO2. The van der Waals surface area contributed by atoms with E-state index in [9.17, 15) is 9.59 Å². The minimum absolute atomic E-state index is 0.353. The number of nitrogens with one attached hydrogen (secondary N) is 1. The number of hydrogen-bond donors (Lipinski definition) is 1. The highest BCUT2D eigenvalue weighted by Crippen LogP contribution is 2.33. The third kappa shape index (κ3) is 3.99. The van der Waals surface area contributed by atoms with Crippen LogP contribution in [0, 0.1) is 0 Å². The lowest BCUT2D eigenvalue weighted by atomic mass is 9.99. The van der Waals surface area contributed by atoms with Crippen LogP contribution in [0.4, 0.5) is 5.69 Å². The van der Waals surface area contributed by atoms with E-state index in [1.807, 2.05) is 13.0 Å². The van der Waals surface area contributed by atoms with E-state index in [0.29, 0.717) is 41.7 Å².